The Kier molecular flexibility index (Phi) is 3.98. The predicted octanol–water partition coefficient (Wildman–Crippen LogP) is 3.96. The van der Waals surface area contributed by atoms with Gasteiger partial charge in [0.2, 0.25) is 0 Å². The van der Waals surface area contributed by atoms with Gasteiger partial charge in [0.25, 0.3) is 0 Å². The van der Waals surface area contributed by atoms with Crippen molar-refractivity contribution < 1.29 is 4.74 Å². The normalized spacial score (nSPS) is 18.1. The Morgan fingerprint density at radius 1 is 1.19 bits per heavy atom. The molecule has 1 aliphatic heterocycles. The molecule has 1 unspecified atom stereocenters. The van der Waals surface area contributed by atoms with Gasteiger partial charge in [-0.2, -0.15) is 0 Å². The van der Waals surface area contributed by atoms with Crippen molar-refractivity contribution in [2.24, 2.45) is 0 Å². The summed E-state index contributed by atoms with van der Waals surface area (Å²) >= 11 is 0. The monoisotopic (exact) mass is 281 g/mol. The molecule has 1 aliphatic rings. The van der Waals surface area contributed by atoms with Crippen LogP contribution in [0.4, 0.5) is 0 Å². The van der Waals surface area contributed by atoms with E-state index >= 15 is 0 Å². The van der Waals surface area contributed by atoms with E-state index in [0.717, 1.165) is 18.7 Å². The van der Waals surface area contributed by atoms with E-state index in [1.807, 2.05) is 0 Å². The number of ether oxygens (including phenoxy) is 1. The van der Waals surface area contributed by atoms with Gasteiger partial charge in [0.05, 0.1) is 0 Å². The molecular formula is C19H23NO. The fourth-order valence-electron chi connectivity index (χ4n) is 3.05. The fourth-order valence-corrected chi connectivity index (χ4v) is 3.05. The summed E-state index contributed by atoms with van der Waals surface area (Å²) in [5.41, 5.74) is 5.34. The quantitative estimate of drug-likeness (QED) is 0.916. The number of aryl methyl sites for hydroxylation is 2. The summed E-state index contributed by atoms with van der Waals surface area (Å²) in [6, 6.07) is 15.3. The molecule has 2 aromatic carbocycles. The molecule has 0 spiro atoms. The Morgan fingerprint density at radius 2 is 2.00 bits per heavy atom. The third-order valence-corrected chi connectivity index (χ3v) is 4.26. The first kappa shape index (κ1) is 14.2. The van der Waals surface area contributed by atoms with E-state index in [1.165, 1.54) is 22.3 Å². The van der Waals surface area contributed by atoms with Crippen LogP contribution in [0.2, 0.25) is 0 Å². The SMILES string of the molecule is Cc1ccc2c(c1)CC(CN[C@@H](C)c1ccccc1C)O2. The zero-order valence-electron chi connectivity index (χ0n) is 13.0. The standard InChI is InChI=1S/C19H23NO/c1-13-8-9-19-16(10-13)11-17(21-19)12-20-15(3)18-7-5-4-6-14(18)2/h4-10,15,17,20H,11-12H2,1-3H3/t15-,17?/m0/s1. The molecule has 0 amide bonds. The first-order valence-corrected chi connectivity index (χ1v) is 7.68. The molecule has 2 heteroatoms. The highest BCUT2D eigenvalue weighted by molar-refractivity contribution is 5.40. The van der Waals surface area contributed by atoms with E-state index < -0.39 is 0 Å². The zero-order chi connectivity index (χ0) is 14.8. The van der Waals surface area contributed by atoms with Gasteiger partial charge in [-0.1, -0.05) is 42.0 Å². The van der Waals surface area contributed by atoms with E-state index in [0.29, 0.717) is 6.04 Å². The van der Waals surface area contributed by atoms with Crippen molar-refractivity contribution in [1.82, 2.24) is 5.32 Å². The molecule has 0 saturated carbocycles. The van der Waals surface area contributed by atoms with E-state index in [9.17, 15) is 0 Å². The number of nitrogens with one attached hydrogen (secondary N) is 1. The van der Waals surface area contributed by atoms with Gasteiger partial charge in [0.1, 0.15) is 11.9 Å². The van der Waals surface area contributed by atoms with Gasteiger partial charge in [-0.3, -0.25) is 0 Å². The molecule has 0 radical (unpaired) electrons. The van der Waals surface area contributed by atoms with Crippen molar-refractivity contribution in [3.8, 4) is 5.75 Å². The van der Waals surface area contributed by atoms with Gasteiger partial charge < -0.3 is 10.1 Å². The van der Waals surface area contributed by atoms with E-state index in [1.54, 1.807) is 0 Å². The maximum atomic E-state index is 6.02. The van der Waals surface area contributed by atoms with Crippen LogP contribution in [-0.4, -0.2) is 12.6 Å². The van der Waals surface area contributed by atoms with E-state index in [2.05, 4.69) is 68.6 Å². The van der Waals surface area contributed by atoms with Crippen LogP contribution in [0, 0.1) is 13.8 Å². The second-order valence-electron chi connectivity index (χ2n) is 6.04. The summed E-state index contributed by atoms with van der Waals surface area (Å²) < 4.78 is 6.02. The Bertz CT molecular complexity index is 635. The third-order valence-electron chi connectivity index (χ3n) is 4.26. The molecule has 2 aromatic rings. The maximum Gasteiger partial charge on any atom is 0.123 e. The van der Waals surface area contributed by atoms with E-state index in [4.69, 9.17) is 4.74 Å². The number of benzene rings is 2. The molecule has 1 heterocycles. The van der Waals surface area contributed by atoms with Crippen LogP contribution in [0.25, 0.3) is 0 Å². The molecule has 0 saturated heterocycles. The van der Waals surface area contributed by atoms with Crippen molar-refractivity contribution in [3.05, 3.63) is 64.7 Å². The molecule has 0 bridgehead atoms. The summed E-state index contributed by atoms with van der Waals surface area (Å²) in [6.07, 6.45) is 1.25. The van der Waals surface area contributed by atoms with Crippen LogP contribution in [0.15, 0.2) is 42.5 Å². The second kappa shape index (κ2) is 5.90. The summed E-state index contributed by atoms with van der Waals surface area (Å²) in [4.78, 5) is 0. The molecule has 2 atom stereocenters. The minimum atomic E-state index is 0.244. The lowest BCUT2D eigenvalue weighted by Crippen LogP contribution is -2.32. The van der Waals surface area contributed by atoms with Gasteiger partial charge in [-0.05, 0) is 43.5 Å². The summed E-state index contributed by atoms with van der Waals surface area (Å²) in [5.74, 6) is 1.05. The zero-order valence-corrected chi connectivity index (χ0v) is 13.0. The molecule has 21 heavy (non-hydrogen) atoms. The molecular weight excluding hydrogens is 258 g/mol. The largest absolute Gasteiger partial charge is 0.488 e. The van der Waals surface area contributed by atoms with Gasteiger partial charge in [0, 0.05) is 19.0 Å². The predicted molar refractivity (Wildman–Crippen MR) is 86.9 cm³/mol. The topological polar surface area (TPSA) is 21.3 Å². The lowest BCUT2D eigenvalue weighted by atomic mass is 10.0. The second-order valence-corrected chi connectivity index (χ2v) is 6.04. The van der Waals surface area contributed by atoms with Crippen molar-refractivity contribution in [1.29, 1.82) is 0 Å². The van der Waals surface area contributed by atoms with Crippen LogP contribution in [-0.2, 0) is 6.42 Å². The number of hydrogen-bond donors (Lipinski definition) is 1. The smallest absolute Gasteiger partial charge is 0.123 e. The molecule has 0 fully saturated rings. The van der Waals surface area contributed by atoms with Gasteiger partial charge >= 0.3 is 0 Å². The molecule has 0 aliphatic carbocycles. The first-order valence-electron chi connectivity index (χ1n) is 7.68. The highest BCUT2D eigenvalue weighted by atomic mass is 16.5. The summed E-state index contributed by atoms with van der Waals surface area (Å²) in [7, 11) is 0. The van der Waals surface area contributed by atoms with Gasteiger partial charge in [0.15, 0.2) is 0 Å². The Labute approximate surface area is 127 Å². The van der Waals surface area contributed by atoms with Crippen LogP contribution in [0.1, 0.15) is 35.2 Å². The van der Waals surface area contributed by atoms with Gasteiger partial charge in [-0.25, -0.2) is 0 Å². The average molecular weight is 281 g/mol. The summed E-state index contributed by atoms with van der Waals surface area (Å²) in [5, 5.41) is 3.61. The van der Waals surface area contributed by atoms with Crippen LogP contribution in [0.3, 0.4) is 0 Å². The van der Waals surface area contributed by atoms with Crippen molar-refractivity contribution >= 4 is 0 Å². The number of rotatable bonds is 4. The molecule has 2 nitrogen and oxygen atoms in total. The van der Waals surface area contributed by atoms with Crippen molar-refractivity contribution in [2.45, 2.75) is 39.3 Å². The average Bonchev–Trinajstić information content (AvgIpc) is 2.87. The van der Waals surface area contributed by atoms with Crippen LogP contribution >= 0.6 is 0 Å². The Hall–Kier alpha value is -1.80. The van der Waals surface area contributed by atoms with Crippen molar-refractivity contribution in [3.63, 3.8) is 0 Å². The highest BCUT2D eigenvalue weighted by Crippen LogP contribution is 2.29. The van der Waals surface area contributed by atoms with E-state index in [-0.39, 0.29) is 6.10 Å². The van der Waals surface area contributed by atoms with Gasteiger partial charge in [-0.15, -0.1) is 0 Å². The molecule has 1 N–H and O–H groups in total. The van der Waals surface area contributed by atoms with Crippen LogP contribution < -0.4 is 10.1 Å². The number of fused-ring (bicyclic) bond motifs is 1. The minimum Gasteiger partial charge on any atom is -0.488 e. The summed E-state index contributed by atoms with van der Waals surface area (Å²) in [6.45, 7) is 7.39. The molecule has 110 valence electrons. The Morgan fingerprint density at radius 3 is 2.81 bits per heavy atom. The van der Waals surface area contributed by atoms with Crippen LogP contribution in [0.5, 0.6) is 5.75 Å². The fraction of sp³-hybridized carbons (Fsp3) is 0.368. The lowest BCUT2D eigenvalue weighted by Gasteiger charge is -2.19. The minimum absolute atomic E-state index is 0.244. The van der Waals surface area contributed by atoms with Crippen molar-refractivity contribution in [2.75, 3.05) is 6.54 Å². The molecule has 3 rings (SSSR count). The lowest BCUT2D eigenvalue weighted by molar-refractivity contribution is 0.222. The first-order chi connectivity index (χ1) is 10.1. The third kappa shape index (κ3) is 3.11. The highest BCUT2D eigenvalue weighted by Gasteiger charge is 2.23. The number of hydrogen-bond acceptors (Lipinski definition) is 2. The Balaban J connectivity index is 1.59. The maximum absolute atomic E-state index is 6.02. The molecule has 0 aromatic heterocycles.